The van der Waals surface area contributed by atoms with E-state index in [0.717, 1.165) is 28.6 Å². The van der Waals surface area contributed by atoms with Gasteiger partial charge in [-0.25, -0.2) is 4.98 Å². The molecule has 0 aliphatic heterocycles. The first-order chi connectivity index (χ1) is 10.7. The average molecular weight is 292 g/mol. The van der Waals surface area contributed by atoms with Crippen molar-refractivity contribution in [3.8, 4) is 0 Å². The van der Waals surface area contributed by atoms with Crippen LogP contribution in [0.4, 0.5) is 5.69 Å². The van der Waals surface area contributed by atoms with Gasteiger partial charge in [-0.3, -0.25) is 4.79 Å². The summed E-state index contributed by atoms with van der Waals surface area (Å²) in [6, 6.07) is 13.5. The van der Waals surface area contributed by atoms with E-state index in [2.05, 4.69) is 10.3 Å². The van der Waals surface area contributed by atoms with Crippen LogP contribution < -0.4 is 5.32 Å². The molecule has 0 radical (unpaired) electrons. The highest BCUT2D eigenvalue weighted by atomic mass is 16.3. The van der Waals surface area contributed by atoms with E-state index >= 15 is 0 Å². The van der Waals surface area contributed by atoms with Gasteiger partial charge in [0, 0.05) is 11.9 Å². The van der Waals surface area contributed by atoms with Gasteiger partial charge in [0.15, 0.2) is 11.9 Å². The van der Waals surface area contributed by atoms with Gasteiger partial charge in [0.1, 0.15) is 5.52 Å². The summed E-state index contributed by atoms with van der Waals surface area (Å²) in [5.41, 5.74) is 4.97. The van der Waals surface area contributed by atoms with Crippen LogP contribution in [0.2, 0.25) is 0 Å². The maximum Gasteiger partial charge on any atom is 0.232 e. The second kappa shape index (κ2) is 5.85. The summed E-state index contributed by atoms with van der Waals surface area (Å²) in [6.07, 6.45) is 2.36. The van der Waals surface area contributed by atoms with Gasteiger partial charge in [-0.2, -0.15) is 0 Å². The third-order valence-electron chi connectivity index (χ3n) is 3.44. The molecule has 0 bridgehead atoms. The lowest BCUT2D eigenvalue weighted by atomic mass is 10.1. The molecule has 0 fully saturated rings. The van der Waals surface area contributed by atoms with Gasteiger partial charge in [-0.1, -0.05) is 24.3 Å². The number of nitrogens with one attached hydrogen (secondary N) is 1. The Kier molecular flexibility index (Phi) is 3.74. The lowest BCUT2D eigenvalue weighted by Gasteiger charge is -2.06. The van der Waals surface area contributed by atoms with Crippen molar-refractivity contribution in [2.24, 2.45) is 0 Å². The summed E-state index contributed by atoms with van der Waals surface area (Å²) in [4.78, 5) is 15.7. The average Bonchev–Trinajstić information content (AvgIpc) is 2.95. The van der Waals surface area contributed by atoms with Gasteiger partial charge >= 0.3 is 0 Å². The summed E-state index contributed by atoms with van der Waals surface area (Å²) in [5.74, 6) is 0.314. The number of carbonyl (C=O) groups is 1. The lowest BCUT2D eigenvalue weighted by molar-refractivity contribution is -0.103. The van der Waals surface area contributed by atoms with Crippen molar-refractivity contribution in [2.45, 2.75) is 13.8 Å². The molecule has 3 rings (SSSR count). The molecule has 0 aliphatic carbocycles. The molecule has 110 valence electrons. The van der Waals surface area contributed by atoms with Crippen LogP contribution in [0, 0.1) is 13.8 Å². The molecule has 0 saturated carbocycles. The Labute approximate surface area is 128 Å². The second-order valence-electron chi connectivity index (χ2n) is 5.17. The molecule has 0 atom stereocenters. The predicted molar refractivity (Wildman–Crippen MR) is 87.6 cm³/mol. The Hall–Kier alpha value is -2.88. The molecule has 2 aromatic carbocycles. The van der Waals surface area contributed by atoms with Crippen molar-refractivity contribution >= 4 is 28.6 Å². The highest BCUT2D eigenvalue weighted by Crippen LogP contribution is 2.21. The van der Waals surface area contributed by atoms with Gasteiger partial charge in [-0.15, -0.1) is 0 Å². The van der Waals surface area contributed by atoms with E-state index in [1.807, 2.05) is 56.3 Å². The number of hydrogen-bond acceptors (Lipinski definition) is 4. The van der Waals surface area contributed by atoms with Crippen molar-refractivity contribution in [1.29, 1.82) is 0 Å². The number of carbonyl (C=O) groups excluding carboxylic acids is 1. The molecule has 3 aromatic rings. The number of oxazole rings is 1. The molecule has 0 amide bonds. The van der Waals surface area contributed by atoms with Crippen LogP contribution in [0.25, 0.3) is 16.7 Å². The minimum atomic E-state index is 0.314. The molecule has 22 heavy (non-hydrogen) atoms. The van der Waals surface area contributed by atoms with Crippen LogP contribution in [-0.4, -0.2) is 11.3 Å². The summed E-state index contributed by atoms with van der Waals surface area (Å²) < 4.78 is 5.61. The highest BCUT2D eigenvalue weighted by Gasteiger charge is 2.10. The minimum Gasteiger partial charge on any atom is -0.436 e. The molecule has 4 nitrogen and oxygen atoms in total. The van der Waals surface area contributed by atoms with Crippen molar-refractivity contribution < 1.29 is 9.21 Å². The van der Waals surface area contributed by atoms with Crippen molar-refractivity contribution in [3.05, 3.63) is 65.7 Å². The van der Waals surface area contributed by atoms with E-state index in [4.69, 9.17) is 4.42 Å². The predicted octanol–water partition coefficient (Wildman–Crippen LogP) is 4.10. The molecule has 0 saturated heterocycles. The molecular formula is C18H16N2O2. The number of hydrogen-bond donors (Lipinski definition) is 1. The number of aromatic nitrogens is 1. The van der Waals surface area contributed by atoms with Gasteiger partial charge in [-0.05, 0) is 43.2 Å². The quantitative estimate of drug-likeness (QED) is 0.581. The van der Waals surface area contributed by atoms with Crippen molar-refractivity contribution in [3.63, 3.8) is 0 Å². The number of nitrogens with zero attached hydrogens (tertiary/aromatic N) is 1. The van der Waals surface area contributed by atoms with Crippen LogP contribution >= 0.6 is 0 Å². The van der Waals surface area contributed by atoms with Crippen molar-refractivity contribution in [2.75, 3.05) is 5.32 Å². The summed E-state index contributed by atoms with van der Waals surface area (Å²) in [5, 5.41) is 3.15. The summed E-state index contributed by atoms with van der Waals surface area (Å²) >= 11 is 0. The fraction of sp³-hybridized carbons (Fsp3) is 0.111. The third-order valence-corrected chi connectivity index (χ3v) is 3.44. The number of para-hydroxylation sites is 2. The first-order valence-electron chi connectivity index (χ1n) is 7.02. The van der Waals surface area contributed by atoms with Gasteiger partial charge < -0.3 is 9.73 Å². The van der Waals surface area contributed by atoms with Crippen LogP contribution in [0.1, 0.15) is 17.0 Å². The van der Waals surface area contributed by atoms with E-state index in [-0.39, 0.29) is 0 Å². The Morgan fingerprint density at radius 2 is 2.00 bits per heavy atom. The standard InChI is InChI=1S/C18H16N2O2/c1-12-7-8-13(2)16(9-12)19-10-14(11-21)18-20-15-5-3-4-6-17(15)22-18/h3-11,19H,1-2H3/b14-10+. The van der Waals surface area contributed by atoms with Crippen LogP contribution in [0.5, 0.6) is 0 Å². The van der Waals surface area contributed by atoms with Gasteiger partial charge in [0.05, 0.1) is 5.57 Å². The van der Waals surface area contributed by atoms with Crippen LogP contribution in [0.15, 0.2) is 53.1 Å². The molecular weight excluding hydrogens is 276 g/mol. The molecule has 0 spiro atoms. The number of allylic oxidation sites excluding steroid dienone is 1. The highest BCUT2D eigenvalue weighted by molar-refractivity contribution is 6.06. The zero-order valence-corrected chi connectivity index (χ0v) is 12.5. The van der Waals surface area contributed by atoms with E-state index < -0.39 is 0 Å². The third kappa shape index (κ3) is 2.76. The number of fused-ring (bicyclic) bond motifs is 1. The zero-order valence-electron chi connectivity index (χ0n) is 12.5. The summed E-state index contributed by atoms with van der Waals surface area (Å²) in [7, 11) is 0. The molecule has 0 aliphatic rings. The van der Waals surface area contributed by atoms with Crippen LogP contribution in [0.3, 0.4) is 0 Å². The van der Waals surface area contributed by atoms with Gasteiger partial charge in [0.25, 0.3) is 0 Å². The Morgan fingerprint density at radius 1 is 1.18 bits per heavy atom. The van der Waals surface area contributed by atoms with Crippen LogP contribution in [-0.2, 0) is 4.79 Å². The molecule has 0 unspecified atom stereocenters. The van der Waals surface area contributed by atoms with E-state index in [9.17, 15) is 4.79 Å². The monoisotopic (exact) mass is 292 g/mol. The molecule has 1 heterocycles. The Balaban J connectivity index is 1.93. The van der Waals surface area contributed by atoms with E-state index in [1.54, 1.807) is 6.20 Å². The van der Waals surface area contributed by atoms with E-state index in [1.165, 1.54) is 0 Å². The Morgan fingerprint density at radius 3 is 2.77 bits per heavy atom. The Bertz CT molecular complexity index is 829. The lowest BCUT2D eigenvalue weighted by Crippen LogP contribution is -1.96. The maximum atomic E-state index is 11.3. The molecule has 1 N–H and O–H groups in total. The largest absolute Gasteiger partial charge is 0.436 e. The number of anilines is 1. The van der Waals surface area contributed by atoms with E-state index in [0.29, 0.717) is 17.0 Å². The first-order valence-corrected chi connectivity index (χ1v) is 7.02. The smallest absolute Gasteiger partial charge is 0.232 e. The fourth-order valence-electron chi connectivity index (χ4n) is 2.19. The topological polar surface area (TPSA) is 55.1 Å². The molecule has 1 aromatic heterocycles. The molecule has 4 heteroatoms. The zero-order chi connectivity index (χ0) is 15.5. The number of aryl methyl sites for hydroxylation is 2. The second-order valence-corrected chi connectivity index (χ2v) is 5.17. The SMILES string of the molecule is Cc1ccc(C)c(N/C=C(\C=O)c2nc3ccccc3o2)c1. The number of benzene rings is 2. The minimum absolute atomic E-state index is 0.314. The first kappa shape index (κ1) is 14.1. The summed E-state index contributed by atoms with van der Waals surface area (Å²) in [6.45, 7) is 4.03. The normalized spacial score (nSPS) is 11.6. The number of rotatable bonds is 4. The van der Waals surface area contributed by atoms with Crippen molar-refractivity contribution in [1.82, 2.24) is 4.98 Å². The maximum absolute atomic E-state index is 11.3. The fourth-order valence-corrected chi connectivity index (χ4v) is 2.19. The number of aldehydes is 1. The van der Waals surface area contributed by atoms with Gasteiger partial charge in [0.2, 0.25) is 5.89 Å².